The first-order valence-electron chi connectivity index (χ1n) is 5.63. The van der Waals surface area contributed by atoms with Gasteiger partial charge in [0.15, 0.2) is 5.78 Å². The standard InChI is InChI=1S/C13H17NO2/c1-9-5-2-3-6-10(9)13(14)8-4-7-11(15)12(13)16/h2-3,5-6,11,15H,4,7-8,14H2,1H3/t11-,13-/m1/s1. The molecule has 1 aliphatic rings. The van der Waals surface area contributed by atoms with E-state index in [1.54, 1.807) is 0 Å². The monoisotopic (exact) mass is 219 g/mol. The van der Waals surface area contributed by atoms with Crippen LogP contribution in [0.2, 0.25) is 0 Å². The highest BCUT2D eigenvalue weighted by Crippen LogP contribution is 2.33. The van der Waals surface area contributed by atoms with Crippen molar-refractivity contribution in [3.63, 3.8) is 0 Å². The summed E-state index contributed by atoms with van der Waals surface area (Å²) in [5.41, 5.74) is 7.06. The van der Waals surface area contributed by atoms with Gasteiger partial charge in [-0.2, -0.15) is 0 Å². The second-order valence-electron chi connectivity index (χ2n) is 4.56. The number of hydrogen-bond acceptors (Lipinski definition) is 3. The zero-order valence-corrected chi connectivity index (χ0v) is 9.44. The Bertz CT molecular complexity index is 416. The highest BCUT2D eigenvalue weighted by molar-refractivity contribution is 5.93. The Morgan fingerprint density at radius 2 is 2.12 bits per heavy atom. The zero-order chi connectivity index (χ0) is 11.8. The maximum absolute atomic E-state index is 12.0. The summed E-state index contributed by atoms with van der Waals surface area (Å²) < 4.78 is 0. The van der Waals surface area contributed by atoms with Crippen LogP contribution in [0.25, 0.3) is 0 Å². The van der Waals surface area contributed by atoms with Crippen LogP contribution in [-0.2, 0) is 10.3 Å². The van der Waals surface area contributed by atoms with Gasteiger partial charge < -0.3 is 10.8 Å². The van der Waals surface area contributed by atoms with Crippen molar-refractivity contribution in [2.75, 3.05) is 0 Å². The van der Waals surface area contributed by atoms with Gasteiger partial charge in [-0.25, -0.2) is 0 Å². The second kappa shape index (κ2) is 4.00. The van der Waals surface area contributed by atoms with Crippen molar-refractivity contribution in [2.45, 2.75) is 37.8 Å². The van der Waals surface area contributed by atoms with E-state index in [2.05, 4.69) is 0 Å². The third-order valence-corrected chi connectivity index (χ3v) is 3.42. The number of carbonyl (C=O) groups excluding carboxylic acids is 1. The predicted molar refractivity (Wildman–Crippen MR) is 61.9 cm³/mol. The van der Waals surface area contributed by atoms with Gasteiger partial charge in [-0.1, -0.05) is 24.3 Å². The van der Waals surface area contributed by atoms with Gasteiger partial charge in [0.05, 0.1) is 0 Å². The highest BCUT2D eigenvalue weighted by atomic mass is 16.3. The largest absolute Gasteiger partial charge is 0.385 e. The highest BCUT2D eigenvalue weighted by Gasteiger charge is 2.42. The number of rotatable bonds is 1. The number of nitrogens with two attached hydrogens (primary N) is 1. The number of aliphatic hydroxyl groups is 1. The molecule has 3 heteroatoms. The van der Waals surface area contributed by atoms with Crippen LogP contribution in [-0.4, -0.2) is 17.0 Å². The van der Waals surface area contributed by atoms with Crippen molar-refractivity contribution in [3.8, 4) is 0 Å². The number of carbonyl (C=O) groups is 1. The van der Waals surface area contributed by atoms with E-state index in [-0.39, 0.29) is 5.78 Å². The first-order chi connectivity index (χ1) is 7.55. The van der Waals surface area contributed by atoms with Crippen molar-refractivity contribution in [3.05, 3.63) is 35.4 Å². The molecule has 0 heterocycles. The van der Waals surface area contributed by atoms with Crippen LogP contribution in [0.15, 0.2) is 24.3 Å². The fraction of sp³-hybridized carbons (Fsp3) is 0.462. The molecule has 1 saturated carbocycles. The van der Waals surface area contributed by atoms with Gasteiger partial charge in [0.25, 0.3) is 0 Å². The van der Waals surface area contributed by atoms with Gasteiger partial charge in [0, 0.05) is 0 Å². The molecular weight excluding hydrogens is 202 g/mol. The van der Waals surface area contributed by atoms with Crippen LogP contribution in [0.5, 0.6) is 0 Å². The van der Waals surface area contributed by atoms with Crippen molar-refractivity contribution in [2.24, 2.45) is 5.73 Å². The molecule has 0 unspecified atom stereocenters. The van der Waals surface area contributed by atoms with Gasteiger partial charge in [-0.15, -0.1) is 0 Å². The molecule has 1 aliphatic carbocycles. The minimum atomic E-state index is -0.997. The van der Waals surface area contributed by atoms with Crippen LogP contribution >= 0.6 is 0 Å². The average Bonchev–Trinajstić information content (AvgIpc) is 2.26. The van der Waals surface area contributed by atoms with E-state index in [0.29, 0.717) is 12.8 Å². The first-order valence-corrected chi connectivity index (χ1v) is 5.63. The van der Waals surface area contributed by atoms with Gasteiger partial charge in [0.1, 0.15) is 11.6 Å². The van der Waals surface area contributed by atoms with Crippen molar-refractivity contribution >= 4 is 5.78 Å². The Hall–Kier alpha value is -1.19. The van der Waals surface area contributed by atoms with Crippen LogP contribution in [0.4, 0.5) is 0 Å². The lowest BCUT2D eigenvalue weighted by molar-refractivity contribution is -0.136. The second-order valence-corrected chi connectivity index (χ2v) is 4.56. The lowest BCUT2D eigenvalue weighted by atomic mass is 9.74. The number of aliphatic hydroxyl groups excluding tert-OH is 1. The molecule has 2 atom stereocenters. The third kappa shape index (κ3) is 1.66. The maximum Gasteiger partial charge on any atom is 0.185 e. The number of ketones is 1. The van der Waals surface area contributed by atoms with Crippen LogP contribution in [0, 0.1) is 6.92 Å². The molecule has 0 amide bonds. The van der Waals surface area contributed by atoms with Crippen molar-refractivity contribution in [1.82, 2.24) is 0 Å². The number of benzene rings is 1. The SMILES string of the molecule is Cc1ccccc1[C@]1(N)CCC[C@@H](O)C1=O. The molecule has 3 nitrogen and oxygen atoms in total. The van der Waals surface area contributed by atoms with Crippen LogP contribution in [0.3, 0.4) is 0 Å². The average molecular weight is 219 g/mol. The molecule has 0 spiro atoms. The van der Waals surface area contributed by atoms with E-state index in [0.717, 1.165) is 17.5 Å². The molecule has 3 N–H and O–H groups in total. The molecular formula is C13H17NO2. The summed E-state index contributed by atoms with van der Waals surface area (Å²) in [4.78, 5) is 12.0. The normalized spacial score (nSPS) is 30.4. The zero-order valence-electron chi connectivity index (χ0n) is 9.44. The van der Waals surface area contributed by atoms with E-state index in [9.17, 15) is 9.90 Å². The van der Waals surface area contributed by atoms with Crippen LogP contribution < -0.4 is 5.73 Å². The van der Waals surface area contributed by atoms with Crippen molar-refractivity contribution in [1.29, 1.82) is 0 Å². The molecule has 86 valence electrons. The summed E-state index contributed by atoms with van der Waals surface area (Å²) in [5, 5.41) is 9.64. The summed E-state index contributed by atoms with van der Waals surface area (Å²) in [6, 6.07) is 7.63. The summed E-state index contributed by atoms with van der Waals surface area (Å²) in [6.45, 7) is 1.94. The summed E-state index contributed by atoms with van der Waals surface area (Å²) in [5.74, 6) is -0.243. The first kappa shape index (κ1) is 11.3. The van der Waals surface area contributed by atoms with E-state index < -0.39 is 11.6 Å². The summed E-state index contributed by atoms with van der Waals surface area (Å²) >= 11 is 0. The smallest absolute Gasteiger partial charge is 0.185 e. The molecule has 0 radical (unpaired) electrons. The quantitative estimate of drug-likeness (QED) is 0.747. The predicted octanol–water partition coefficient (Wildman–Crippen LogP) is 1.26. The Balaban J connectivity index is 2.45. The molecule has 0 aliphatic heterocycles. The lowest BCUT2D eigenvalue weighted by Gasteiger charge is -2.35. The fourth-order valence-corrected chi connectivity index (χ4v) is 2.47. The van der Waals surface area contributed by atoms with Gasteiger partial charge >= 0.3 is 0 Å². The van der Waals surface area contributed by atoms with E-state index >= 15 is 0 Å². The van der Waals surface area contributed by atoms with Gasteiger partial charge in [-0.3, -0.25) is 4.79 Å². The van der Waals surface area contributed by atoms with E-state index in [1.807, 2.05) is 31.2 Å². The minimum Gasteiger partial charge on any atom is -0.385 e. The molecule has 2 rings (SSSR count). The fourth-order valence-electron chi connectivity index (χ4n) is 2.47. The molecule has 1 aromatic rings. The maximum atomic E-state index is 12.0. The summed E-state index contributed by atoms with van der Waals surface area (Å²) in [7, 11) is 0. The van der Waals surface area contributed by atoms with E-state index in [4.69, 9.17) is 5.73 Å². The van der Waals surface area contributed by atoms with E-state index in [1.165, 1.54) is 0 Å². The number of Topliss-reactive ketones (excluding diaryl/α,β-unsaturated/α-hetero) is 1. The Morgan fingerprint density at radius 1 is 1.44 bits per heavy atom. The number of aryl methyl sites for hydroxylation is 1. The Labute approximate surface area is 95.3 Å². The summed E-state index contributed by atoms with van der Waals surface area (Å²) in [6.07, 6.45) is 1.04. The molecule has 1 aromatic carbocycles. The molecule has 0 aromatic heterocycles. The third-order valence-electron chi connectivity index (χ3n) is 3.42. The molecule has 1 fully saturated rings. The van der Waals surface area contributed by atoms with Gasteiger partial charge in [-0.05, 0) is 37.3 Å². The Kier molecular flexibility index (Phi) is 2.82. The Morgan fingerprint density at radius 3 is 2.81 bits per heavy atom. The van der Waals surface area contributed by atoms with Crippen molar-refractivity contribution < 1.29 is 9.90 Å². The number of hydrogen-bond donors (Lipinski definition) is 2. The molecule has 0 bridgehead atoms. The topological polar surface area (TPSA) is 63.3 Å². The minimum absolute atomic E-state index is 0.243. The lowest BCUT2D eigenvalue weighted by Crippen LogP contribution is -2.53. The van der Waals surface area contributed by atoms with Crippen LogP contribution in [0.1, 0.15) is 30.4 Å². The van der Waals surface area contributed by atoms with Gasteiger partial charge in [0.2, 0.25) is 0 Å². The molecule has 0 saturated heterocycles. The molecule has 16 heavy (non-hydrogen) atoms.